The van der Waals surface area contributed by atoms with E-state index in [1.54, 1.807) is 0 Å². The van der Waals surface area contributed by atoms with Crippen LogP contribution in [0.1, 0.15) is 27.2 Å². The minimum Gasteiger partial charge on any atom is -0.377 e. The van der Waals surface area contributed by atoms with Crippen LogP contribution in [0.3, 0.4) is 0 Å². The first-order valence-corrected chi connectivity index (χ1v) is 17.1. The van der Waals surface area contributed by atoms with Gasteiger partial charge in [-0.1, -0.05) is 0 Å². The van der Waals surface area contributed by atoms with E-state index in [1.807, 2.05) is 0 Å². The third kappa shape index (κ3) is 10.3. The van der Waals surface area contributed by atoms with Crippen molar-refractivity contribution in [2.75, 3.05) is 41.2 Å². The number of alkyl halides is 20. The first-order chi connectivity index (χ1) is 22.2. The van der Waals surface area contributed by atoms with Crippen molar-refractivity contribution in [2.45, 2.75) is 99.5 Å². The third-order valence-electron chi connectivity index (χ3n) is 6.20. The normalized spacial score (nSPS) is 16.6. The van der Waals surface area contributed by atoms with Crippen LogP contribution in [0.4, 0.5) is 87.8 Å². The summed E-state index contributed by atoms with van der Waals surface area (Å²) in [6, 6.07) is -0.250. The zero-order chi connectivity index (χ0) is 40.6. The van der Waals surface area contributed by atoms with E-state index in [0.717, 1.165) is 20.8 Å². The van der Waals surface area contributed by atoms with Crippen LogP contribution in [0.5, 0.6) is 0 Å². The zero-order valence-corrected chi connectivity index (χ0v) is 28.4. The molecule has 0 bridgehead atoms. The second-order valence-corrected chi connectivity index (χ2v) is 15.1. The molecular formula is C22H32F20O6Si2. The molecule has 0 aromatic heterocycles. The molecule has 3 unspecified atom stereocenters. The average molecular weight is 829 g/mol. The lowest BCUT2D eigenvalue weighted by molar-refractivity contribution is -0.433. The standard InChI is InChI=1S/C16H19F17O3Si.C6H13F3O3Si/c1-4-34-37(35-5-2,36-6-3)10(21)12(24,25)14(28,29)16(32,33)15(30,31)13(26,27)11(22,23)8(18)7(17)9(19)20;1-10-13(11-2,12-3)5-4-6(7,8)9/h7-10H,4-6H2,1-3H3;4-5H2,1-3H3. The van der Waals surface area contributed by atoms with Gasteiger partial charge in [0.1, 0.15) is 0 Å². The Morgan fingerprint density at radius 2 is 0.820 bits per heavy atom. The molecule has 6 nitrogen and oxygen atoms in total. The first kappa shape index (κ1) is 50.9. The van der Waals surface area contributed by atoms with Crippen molar-refractivity contribution >= 4 is 17.6 Å². The summed E-state index contributed by atoms with van der Waals surface area (Å²) in [6.07, 6.45) is -20.8. The molecule has 0 aromatic carbocycles. The lowest BCUT2D eigenvalue weighted by atomic mass is 9.89. The van der Waals surface area contributed by atoms with Gasteiger partial charge in [-0.2, -0.15) is 65.9 Å². The summed E-state index contributed by atoms with van der Waals surface area (Å²) < 4.78 is 295. The average Bonchev–Trinajstić information content (AvgIpc) is 3.00. The number of rotatable bonds is 21. The summed E-state index contributed by atoms with van der Waals surface area (Å²) in [6.45, 7) is -0.0516. The number of hydrogen-bond acceptors (Lipinski definition) is 6. The summed E-state index contributed by atoms with van der Waals surface area (Å²) in [7, 11) is -5.10. The van der Waals surface area contributed by atoms with Crippen LogP contribution in [0, 0.1) is 0 Å². The van der Waals surface area contributed by atoms with Crippen LogP contribution < -0.4 is 0 Å². The first-order valence-electron chi connectivity index (χ1n) is 13.4. The van der Waals surface area contributed by atoms with Crippen LogP contribution in [-0.4, -0.2) is 125 Å². The van der Waals surface area contributed by atoms with Crippen molar-refractivity contribution in [1.29, 1.82) is 0 Å². The molecule has 0 heterocycles. The maximum atomic E-state index is 14.7. The van der Waals surface area contributed by atoms with Gasteiger partial charge in [0.15, 0.2) is 6.17 Å². The SMILES string of the molecule is CCO[Si](OCC)(OCC)C(F)C(F)(F)C(F)(F)C(F)(F)C(F)(F)C(F)(F)C(F)(F)C(F)C(F)C(F)F.CO[Si](CCC(F)(F)F)(OC)OC. The Balaban J connectivity index is 0. The van der Waals surface area contributed by atoms with Gasteiger partial charge in [0.05, 0.1) is 0 Å². The van der Waals surface area contributed by atoms with E-state index >= 15 is 0 Å². The Labute approximate surface area is 273 Å². The van der Waals surface area contributed by atoms with Gasteiger partial charge in [0.25, 0.3) is 6.43 Å². The van der Waals surface area contributed by atoms with Crippen molar-refractivity contribution in [2.24, 2.45) is 0 Å². The smallest absolute Gasteiger partial charge is 0.377 e. The van der Waals surface area contributed by atoms with Crippen LogP contribution >= 0.6 is 0 Å². The maximum Gasteiger partial charge on any atom is 0.543 e. The number of halogens is 20. The van der Waals surface area contributed by atoms with Crippen molar-refractivity contribution in [3.63, 3.8) is 0 Å². The van der Waals surface area contributed by atoms with Crippen molar-refractivity contribution in [3.8, 4) is 0 Å². The highest BCUT2D eigenvalue weighted by molar-refractivity contribution is 6.62. The summed E-state index contributed by atoms with van der Waals surface area (Å²) in [4.78, 5) is 0. The van der Waals surface area contributed by atoms with Crippen molar-refractivity contribution in [1.82, 2.24) is 0 Å². The fourth-order valence-electron chi connectivity index (χ4n) is 3.49. The summed E-state index contributed by atoms with van der Waals surface area (Å²) in [5, 5.41) is 0. The Morgan fingerprint density at radius 1 is 0.500 bits per heavy atom. The summed E-state index contributed by atoms with van der Waals surface area (Å²) >= 11 is 0. The van der Waals surface area contributed by atoms with Gasteiger partial charge >= 0.3 is 59.3 Å². The molecule has 0 fully saturated rings. The second kappa shape index (κ2) is 18.2. The molecule has 3 atom stereocenters. The van der Waals surface area contributed by atoms with Crippen molar-refractivity contribution < 1.29 is 114 Å². The maximum absolute atomic E-state index is 14.7. The highest BCUT2D eigenvalue weighted by Gasteiger charge is 2.93. The fourth-order valence-corrected chi connectivity index (χ4v) is 7.72. The van der Waals surface area contributed by atoms with E-state index in [1.165, 1.54) is 21.3 Å². The molecule has 0 saturated carbocycles. The van der Waals surface area contributed by atoms with Gasteiger partial charge in [-0.3, -0.25) is 0 Å². The quantitative estimate of drug-likeness (QED) is 0.0856. The number of hydrogen-bond donors (Lipinski definition) is 0. The molecule has 0 aliphatic heterocycles. The van der Waals surface area contributed by atoms with Gasteiger partial charge in [0, 0.05) is 53.6 Å². The van der Waals surface area contributed by atoms with Crippen LogP contribution in [0.2, 0.25) is 6.04 Å². The molecule has 28 heteroatoms. The molecule has 0 N–H and O–H groups in total. The Kier molecular flexibility index (Phi) is 18.5. The minimum absolute atomic E-state index is 0.250. The molecule has 0 spiro atoms. The van der Waals surface area contributed by atoms with Crippen LogP contribution in [0.25, 0.3) is 0 Å². The Hall–Kier alpha value is -1.21. The van der Waals surface area contributed by atoms with E-state index in [0.29, 0.717) is 0 Å². The molecule has 0 rings (SSSR count). The van der Waals surface area contributed by atoms with Crippen molar-refractivity contribution in [3.05, 3.63) is 0 Å². The fraction of sp³-hybridized carbons (Fsp3) is 1.00. The van der Waals surface area contributed by atoms with Gasteiger partial charge < -0.3 is 26.6 Å². The van der Waals surface area contributed by atoms with Gasteiger partial charge in [-0.05, 0) is 20.8 Å². The van der Waals surface area contributed by atoms with E-state index in [-0.39, 0.29) is 6.04 Å². The van der Waals surface area contributed by atoms with E-state index in [9.17, 15) is 87.8 Å². The molecule has 0 aromatic rings. The molecule has 50 heavy (non-hydrogen) atoms. The van der Waals surface area contributed by atoms with E-state index in [2.05, 4.69) is 13.3 Å². The van der Waals surface area contributed by atoms with E-state index < -0.39 is 110 Å². The third-order valence-corrected chi connectivity index (χ3v) is 12.0. The van der Waals surface area contributed by atoms with Gasteiger partial charge in [-0.25, -0.2) is 22.0 Å². The molecule has 0 aliphatic rings. The Bertz CT molecular complexity index is 976. The highest BCUT2D eigenvalue weighted by Crippen LogP contribution is 2.62. The van der Waals surface area contributed by atoms with Crippen LogP contribution in [-0.2, 0) is 26.6 Å². The summed E-state index contributed by atoms with van der Waals surface area (Å²) in [5.41, 5.74) is 0. The monoisotopic (exact) mass is 828 g/mol. The molecular weight excluding hydrogens is 796 g/mol. The second-order valence-electron chi connectivity index (χ2n) is 9.40. The highest BCUT2D eigenvalue weighted by atomic mass is 28.4. The lowest BCUT2D eigenvalue weighted by Crippen LogP contribution is -2.75. The molecule has 0 saturated heterocycles. The topological polar surface area (TPSA) is 55.4 Å². The summed E-state index contributed by atoms with van der Waals surface area (Å²) in [5.74, 6) is -52.9. The Morgan fingerprint density at radius 3 is 1.08 bits per heavy atom. The predicted octanol–water partition coefficient (Wildman–Crippen LogP) is 8.48. The minimum atomic E-state index is -8.45. The predicted molar refractivity (Wildman–Crippen MR) is 133 cm³/mol. The molecule has 0 aliphatic carbocycles. The molecule has 0 radical (unpaired) electrons. The van der Waals surface area contributed by atoms with Gasteiger partial charge in [0.2, 0.25) is 12.0 Å². The lowest BCUT2D eigenvalue weighted by Gasteiger charge is -2.43. The zero-order valence-electron chi connectivity index (χ0n) is 26.4. The largest absolute Gasteiger partial charge is 0.543 e. The van der Waals surface area contributed by atoms with Gasteiger partial charge in [-0.15, -0.1) is 0 Å². The molecule has 0 amide bonds. The van der Waals surface area contributed by atoms with E-state index in [4.69, 9.17) is 13.3 Å². The van der Waals surface area contributed by atoms with Crippen LogP contribution in [0.15, 0.2) is 0 Å². The molecule has 304 valence electrons.